The third-order valence-corrected chi connectivity index (χ3v) is 6.91. The number of ether oxygens (including phenoxy) is 1. The van der Waals surface area contributed by atoms with Crippen molar-refractivity contribution >= 4 is 40.9 Å². The Hall–Kier alpha value is -2.71. The van der Waals surface area contributed by atoms with Gasteiger partial charge in [-0.15, -0.1) is 21.5 Å². The molecule has 1 aliphatic rings. The van der Waals surface area contributed by atoms with Crippen LogP contribution in [-0.4, -0.2) is 38.9 Å². The minimum Gasteiger partial charge on any atom is -0.462 e. The summed E-state index contributed by atoms with van der Waals surface area (Å²) in [5.74, 6) is 0.807. The Kier molecular flexibility index (Phi) is 6.35. The Labute approximate surface area is 196 Å². The van der Waals surface area contributed by atoms with Crippen molar-refractivity contribution in [2.24, 2.45) is 5.10 Å². The van der Waals surface area contributed by atoms with Crippen molar-refractivity contribution in [3.8, 4) is 11.4 Å². The van der Waals surface area contributed by atoms with Crippen molar-refractivity contribution < 1.29 is 9.53 Å². The molecule has 4 rings (SSSR count). The first kappa shape index (κ1) is 22.5. The molecule has 2 aromatic heterocycles. The van der Waals surface area contributed by atoms with Crippen LogP contribution in [0.1, 0.15) is 43.0 Å². The second-order valence-corrected chi connectivity index (χ2v) is 10.8. The summed E-state index contributed by atoms with van der Waals surface area (Å²) in [6.07, 6.45) is 1.86. The van der Waals surface area contributed by atoms with Gasteiger partial charge in [0.15, 0.2) is 5.82 Å². The van der Waals surface area contributed by atoms with E-state index in [4.69, 9.17) is 9.84 Å². The molecule has 0 bridgehead atoms. The average Bonchev–Trinajstić information content (AvgIpc) is 3.37. The molecule has 1 aliphatic heterocycles. The van der Waals surface area contributed by atoms with E-state index in [1.54, 1.807) is 22.9 Å². The molecule has 0 N–H and O–H groups in total. The van der Waals surface area contributed by atoms with Crippen molar-refractivity contribution in [1.82, 2.24) is 14.9 Å². The fraction of sp³-hybridized carbons (Fsp3) is 0.333. The van der Waals surface area contributed by atoms with Gasteiger partial charge in [-0.25, -0.2) is 4.79 Å². The minimum atomic E-state index is -0.370. The number of benzene rings is 1. The predicted octanol–water partition coefficient (Wildman–Crippen LogP) is 5.57. The number of thioether (sulfide) groups is 1. The molecule has 0 unspecified atom stereocenters. The van der Waals surface area contributed by atoms with E-state index in [0.29, 0.717) is 34.6 Å². The van der Waals surface area contributed by atoms with Crippen LogP contribution in [0.15, 0.2) is 52.2 Å². The van der Waals surface area contributed by atoms with Gasteiger partial charge in [-0.05, 0) is 43.0 Å². The van der Waals surface area contributed by atoms with E-state index in [1.165, 1.54) is 22.2 Å². The van der Waals surface area contributed by atoms with Crippen molar-refractivity contribution in [3.05, 3.63) is 57.3 Å². The number of thiophene rings is 1. The smallest absolute Gasteiger partial charge is 0.340 e. The van der Waals surface area contributed by atoms with Gasteiger partial charge in [0.2, 0.25) is 5.16 Å². The van der Waals surface area contributed by atoms with E-state index in [-0.39, 0.29) is 11.4 Å². The summed E-state index contributed by atoms with van der Waals surface area (Å²) in [6.45, 7) is 10.7. The lowest BCUT2D eigenvalue weighted by molar-refractivity contribution is -0.137. The molecule has 3 aromatic rings. The number of nitrogens with zero attached hydrogens (tertiary/aromatic N) is 4. The summed E-state index contributed by atoms with van der Waals surface area (Å²) in [6, 6.07) is 12.4. The minimum absolute atomic E-state index is 0.0729. The van der Waals surface area contributed by atoms with Gasteiger partial charge in [-0.3, -0.25) is 0 Å². The largest absolute Gasteiger partial charge is 0.462 e. The molecule has 0 amide bonds. The third kappa shape index (κ3) is 4.71. The van der Waals surface area contributed by atoms with Crippen LogP contribution in [0.25, 0.3) is 17.5 Å². The van der Waals surface area contributed by atoms with E-state index in [2.05, 4.69) is 43.1 Å². The molecule has 6 nitrogen and oxygen atoms in total. The van der Waals surface area contributed by atoms with Crippen LogP contribution in [0, 0.1) is 6.92 Å². The van der Waals surface area contributed by atoms with Crippen LogP contribution in [0.4, 0.5) is 0 Å². The first-order chi connectivity index (χ1) is 15.3. The normalized spacial score (nSPS) is 14.2. The number of aromatic nitrogens is 3. The fourth-order valence-electron chi connectivity index (χ4n) is 3.30. The van der Waals surface area contributed by atoms with Gasteiger partial charge in [0.1, 0.15) is 0 Å². The maximum atomic E-state index is 12.8. The molecule has 0 saturated carbocycles. The highest BCUT2D eigenvalue weighted by Crippen LogP contribution is 2.31. The highest BCUT2D eigenvalue weighted by molar-refractivity contribution is 7.99. The Morgan fingerprint density at radius 1 is 1.16 bits per heavy atom. The number of aryl methyl sites for hydroxylation is 1. The van der Waals surface area contributed by atoms with Crippen LogP contribution in [0.2, 0.25) is 0 Å². The predicted molar refractivity (Wildman–Crippen MR) is 131 cm³/mol. The van der Waals surface area contributed by atoms with E-state index in [1.807, 2.05) is 37.3 Å². The summed E-state index contributed by atoms with van der Waals surface area (Å²) in [5, 5.41) is 14.2. The Morgan fingerprint density at radius 2 is 1.91 bits per heavy atom. The molecule has 1 aromatic carbocycles. The topological polar surface area (TPSA) is 69.4 Å². The van der Waals surface area contributed by atoms with E-state index in [0.717, 1.165) is 10.4 Å². The molecule has 0 atom stereocenters. The Morgan fingerprint density at radius 3 is 2.53 bits per heavy atom. The lowest BCUT2D eigenvalue weighted by atomic mass is 9.87. The van der Waals surface area contributed by atoms with Crippen LogP contribution in [-0.2, 0) is 14.9 Å². The zero-order chi connectivity index (χ0) is 22.9. The van der Waals surface area contributed by atoms with Crippen LogP contribution >= 0.6 is 23.1 Å². The first-order valence-corrected chi connectivity index (χ1v) is 12.3. The maximum Gasteiger partial charge on any atom is 0.340 e. The van der Waals surface area contributed by atoms with Gasteiger partial charge in [0, 0.05) is 21.1 Å². The zero-order valence-electron chi connectivity index (χ0n) is 18.9. The first-order valence-electron chi connectivity index (χ1n) is 10.5. The Bertz CT molecular complexity index is 1200. The van der Waals surface area contributed by atoms with Crippen LogP contribution in [0.3, 0.4) is 0 Å². The van der Waals surface area contributed by atoms with Gasteiger partial charge in [0.25, 0.3) is 0 Å². The van der Waals surface area contributed by atoms with Crippen molar-refractivity contribution in [1.29, 1.82) is 0 Å². The number of esters is 1. The van der Waals surface area contributed by atoms with Gasteiger partial charge in [-0.2, -0.15) is 9.78 Å². The second-order valence-electron chi connectivity index (χ2n) is 8.51. The molecular weight excluding hydrogens is 440 g/mol. The quantitative estimate of drug-likeness (QED) is 0.363. The molecule has 0 saturated heterocycles. The fourth-order valence-corrected chi connectivity index (χ4v) is 4.95. The second kappa shape index (κ2) is 9.03. The van der Waals surface area contributed by atoms with Crippen LogP contribution < -0.4 is 0 Å². The Balaban J connectivity index is 1.74. The van der Waals surface area contributed by atoms with Crippen molar-refractivity contribution in [3.63, 3.8) is 0 Å². The highest BCUT2D eigenvalue weighted by atomic mass is 32.2. The van der Waals surface area contributed by atoms with E-state index >= 15 is 0 Å². The molecule has 166 valence electrons. The van der Waals surface area contributed by atoms with Gasteiger partial charge in [0.05, 0.1) is 17.9 Å². The number of fused-ring (bicyclic) bond motifs is 1. The van der Waals surface area contributed by atoms with Crippen LogP contribution in [0.5, 0.6) is 0 Å². The summed E-state index contributed by atoms with van der Waals surface area (Å²) < 4.78 is 7.06. The van der Waals surface area contributed by atoms with E-state index < -0.39 is 0 Å². The monoisotopic (exact) mass is 466 g/mol. The summed E-state index contributed by atoms with van der Waals surface area (Å²) in [7, 11) is 0. The zero-order valence-corrected chi connectivity index (χ0v) is 20.5. The maximum absolute atomic E-state index is 12.8. The lowest BCUT2D eigenvalue weighted by Crippen LogP contribution is -2.21. The van der Waals surface area contributed by atoms with E-state index in [9.17, 15) is 4.79 Å². The third-order valence-electron chi connectivity index (χ3n) is 5.03. The molecule has 0 aliphatic carbocycles. The lowest BCUT2D eigenvalue weighted by Gasteiger charge is -2.19. The van der Waals surface area contributed by atoms with Crippen molar-refractivity contribution in [2.45, 2.75) is 45.2 Å². The molecule has 0 radical (unpaired) electrons. The van der Waals surface area contributed by atoms with Crippen molar-refractivity contribution in [2.75, 3.05) is 12.4 Å². The molecule has 0 fully saturated rings. The highest BCUT2D eigenvalue weighted by Gasteiger charge is 2.26. The standard InChI is InChI=1S/C24H26N4O2S2/c1-6-30-22(29)19(13-18-12-7-15(2)32-18)20-14-31-23-26-25-21(28(23)27-20)16-8-10-17(11-9-16)24(3,4)5/h7-13H,6,14H2,1-5H3/b19-13-. The molecule has 8 heteroatoms. The molecule has 3 heterocycles. The number of rotatable bonds is 5. The molecule has 0 spiro atoms. The van der Waals surface area contributed by atoms with Gasteiger partial charge < -0.3 is 4.74 Å². The van der Waals surface area contributed by atoms with Gasteiger partial charge >= 0.3 is 5.97 Å². The summed E-state index contributed by atoms with van der Waals surface area (Å²) in [5.41, 5.74) is 3.37. The number of hydrogen-bond acceptors (Lipinski definition) is 7. The molecule has 32 heavy (non-hydrogen) atoms. The average molecular weight is 467 g/mol. The van der Waals surface area contributed by atoms with Gasteiger partial charge in [-0.1, -0.05) is 56.8 Å². The summed E-state index contributed by atoms with van der Waals surface area (Å²) >= 11 is 3.14. The number of carbonyl (C=O) groups is 1. The SMILES string of the molecule is CCOC(=O)/C(=C\c1ccc(C)s1)C1=Nn2c(nnc2-c2ccc(C(C)(C)C)cc2)SC1. The number of carbonyl (C=O) groups excluding carboxylic acids is 1. The molecular formula is C24H26N4O2S2. The summed E-state index contributed by atoms with van der Waals surface area (Å²) in [4.78, 5) is 14.9. The number of hydrogen-bond donors (Lipinski definition) is 0.